The molecule has 0 saturated carbocycles. The van der Waals surface area contributed by atoms with Crippen molar-refractivity contribution in [3.8, 4) is 0 Å². The molecule has 1 rings (SSSR count). The fourth-order valence-corrected chi connectivity index (χ4v) is 1.17. The predicted octanol–water partition coefficient (Wildman–Crippen LogP) is -0.464. The number of hydrogen-bond donors (Lipinski definition) is 2. The first-order valence-electron chi connectivity index (χ1n) is 4.74. The van der Waals surface area contributed by atoms with Crippen LogP contribution in [0.25, 0.3) is 0 Å². The number of aromatic amines is 1. The fourth-order valence-electron chi connectivity index (χ4n) is 1.17. The van der Waals surface area contributed by atoms with Gasteiger partial charge in [-0.25, -0.2) is 4.79 Å². The number of H-pyrrole nitrogens is 1. The van der Waals surface area contributed by atoms with Crippen molar-refractivity contribution in [2.24, 2.45) is 0 Å². The molecule has 0 aliphatic heterocycles. The van der Waals surface area contributed by atoms with E-state index in [1.807, 2.05) is 6.92 Å². The van der Waals surface area contributed by atoms with Gasteiger partial charge in [-0.05, 0) is 19.5 Å². The zero-order valence-corrected chi connectivity index (χ0v) is 8.25. The summed E-state index contributed by atoms with van der Waals surface area (Å²) in [7, 11) is 0. The minimum Gasteiger partial charge on any atom is -0.317 e. The van der Waals surface area contributed by atoms with E-state index in [1.54, 1.807) is 0 Å². The van der Waals surface area contributed by atoms with E-state index in [-0.39, 0.29) is 11.2 Å². The third kappa shape index (κ3) is 3.18. The minimum atomic E-state index is -0.349. The molecule has 1 aromatic heterocycles. The van der Waals surface area contributed by atoms with Crippen LogP contribution in [0.2, 0.25) is 0 Å². The van der Waals surface area contributed by atoms with Gasteiger partial charge in [0.25, 0.3) is 5.56 Å². The van der Waals surface area contributed by atoms with E-state index in [0.29, 0.717) is 6.54 Å². The Morgan fingerprint density at radius 2 is 2.29 bits per heavy atom. The van der Waals surface area contributed by atoms with Crippen molar-refractivity contribution in [3.05, 3.63) is 33.1 Å². The molecular formula is C9H15N3O2. The number of aromatic nitrogens is 2. The molecule has 5 nitrogen and oxygen atoms in total. The van der Waals surface area contributed by atoms with Gasteiger partial charge in [0.2, 0.25) is 0 Å². The second-order valence-corrected chi connectivity index (χ2v) is 3.01. The Labute approximate surface area is 81.8 Å². The first kappa shape index (κ1) is 10.7. The summed E-state index contributed by atoms with van der Waals surface area (Å²) in [6, 6.07) is 1.36. The van der Waals surface area contributed by atoms with Gasteiger partial charge in [-0.1, -0.05) is 6.92 Å². The summed E-state index contributed by atoms with van der Waals surface area (Å²) in [4.78, 5) is 24.1. The molecule has 0 fully saturated rings. The van der Waals surface area contributed by atoms with Gasteiger partial charge in [-0.15, -0.1) is 0 Å². The highest BCUT2D eigenvalue weighted by Crippen LogP contribution is 1.82. The largest absolute Gasteiger partial charge is 0.328 e. The van der Waals surface area contributed by atoms with E-state index >= 15 is 0 Å². The second-order valence-electron chi connectivity index (χ2n) is 3.01. The van der Waals surface area contributed by atoms with Gasteiger partial charge in [0.05, 0.1) is 0 Å². The van der Waals surface area contributed by atoms with Crippen molar-refractivity contribution in [2.75, 3.05) is 13.1 Å². The summed E-state index contributed by atoms with van der Waals surface area (Å²) in [6.07, 6.45) is 2.40. The van der Waals surface area contributed by atoms with Gasteiger partial charge >= 0.3 is 5.69 Å². The van der Waals surface area contributed by atoms with Crippen LogP contribution in [-0.4, -0.2) is 22.6 Å². The first-order valence-corrected chi connectivity index (χ1v) is 4.74. The number of nitrogens with zero attached hydrogens (tertiary/aromatic N) is 1. The second kappa shape index (κ2) is 5.39. The molecule has 0 amide bonds. The molecule has 0 atom stereocenters. The van der Waals surface area contributed by atoms with Gasteiger partial charge < -0.3 is 9.88 Å². The monoisotopic (exact) mass is 197 g/mol. The standard InChI is InChI=1S/C9H15N3O2/c1-2-10-5-3-6-12-7-4-8(13)11-9(12)14/h4,7,10H,2-3,5-6H2,1H3,(H,11,13,14). The van der Waals surface area contributed by atoms with Crippen LogP contribution in [0.3, 0.4) is 0 Å². The normalized spacial score (nSPS) is 10.4. The molecule has 5 heteroatoms. The average molecular weight is 197 g/mol. The van der Waals surface area contributed by atoms with Crippen LogP contribution in [0.15, 0.2) is 21.9 Å². The molecule has 1 heterocycles. The lowest BCUT2D eigenvalue weighted by Gasteiger charge is -2.04. The maximum absolute atomic E-state index is 11.2. The lowest BCUT2D eigenvalue weighted by molar-refractivity contribution is 0.569. The SMILES string of the molecule is CCNCCCn1ccc(=O)[nH]c1=O. The quantitative estimate of drug-likeness (QED) is 0.627. The first-order chi connectivity index (χ1) is 6.74. The smallest absolute Gasteiger partial charge is 0.317 e. The van der Waals surface area contributed by atoms with Crippen LogP contribution in [0.1, 0.15) is 13.3 Å². The van der Waals surface area contributed by atoms with E-state index in [9.17, 15) is 9.59 Å². The van der Waals surface area contributed by atoms with Crippen LogP contribution in [0, 0.1) is 0 Å². The Hall–Kier alpha value is -1.36. The lowest BCUT2D eigenvalue weighted by Crippen LogP contribution is -2.29. The summed E-state index contributed by atoms with van der Waals surface area (Å²) >= 11 is 0. The molecular weight excluding hydrogens is 182 g/mol. The van der Waals surface area contributed by atoms with Gasteiger partial charge in [-0.3, -0.25) is 9.78 Å². The van der Waals surface area contributed by atoms with Crippen LogP contribution in [0.5, 0.6) is 0 Å². The molecule has 2 N–H and O–H groups in total. The van der Waals surface area contributed by atoms with E-state index in [2.05, 4.69) is 10.3 Å². The molecule has 14 heavy (non-hydrogen) atoms. The maximum Gasteiger partial charge on any atom is 0.328 e. The van der Waals surface area contributed by atoms with Gasteiger partial charge in [0.1, 0.15) is 0 Å². The van der Waals surface area contributed by atoms with Crippen molar-refractivity contribution in [2.45, 2.75) is 19.9 Å². The van der Waals surface area contributed by atoms with Gasteiger partial charge in [0.15, 0.2) is 0 Å². The van der Waals surface area contributed by atoms with Crippen molar-refractivity contribution in [1.29, 1.82) is 0 Å². The molecule has 0 spiro atoms. The number of hydrogen-bond acceptors (Lipinski definition) is 3. The van der Waals surface area contributed by atoms with Crippen molar-refractivity contribution in [1.82, 2.24) is 14.9 Å². The molecule has 0 aliphatic carbocycles. The molecule has 1 aromatic rings. The molecule has 0 saturated heterocycles. The van der Waals surface area contributed by atoms with E-state index < -0.39 is 0 Å². The number of nitrogens with one attached hydrogen (secondary N) is 2. The van der Waals surface area contributed by atoms with E-state index in [4.69, 9.17) is 0 Å². The van der Waals surface area contributed by atoms with Gasteiger partial charge in [0, 0.05) is 18.8 Å². The molecule has 0 radical (unpaired) electrons. The summed E-state index contributed by atoms with van der Waals surface area (Å²) in [5, 5.41) is 3.16. The highest BCUT2D eigenvalue weighted by Gasteiger charge is 1.94. The maximum atomic E-state index is 11.2. The Balaban J connectivity index is 2.51. The lowest BCUT2D eigenvalue weighted by atomic mass is 10.4. The predicted molar refractivity (Wildman–Crippen MR) is 54.5 cm³/mol. The van der Waals surface area contributed by atoms with E-state index in [1.165, 1.54) is 16.8 Å². The Morgan fingerprint density at radius 3 is 2.93 bits per heavy atom. The highest BCUT2D eigenvalue weighted by atomic mass is 16.2. The zero-order chi connectivity index (χ0) is 10.4. The van der Waals surface area contributed by atoms with Gasteiger partial charge in [-0.2, -0.15) is 0 Å². The molecule has 0 unspecified atom stereocenters. The highest BCUT2D eigenvalue weighted by molar-refractivity contribution is 4.82. The van der Waals surface area contributed by atoms with Crippen molar-refractivity contribution >= 4 is 0 Å². The van der Waals surface area contributed by atoms with Crippen LogP contribution in [-0.2, 0) is 6.54 Å². The van der Waals surface area contributed by atoms with Crippen LogP contribution < -0.4 is 16.6 Å². The summed E-state index contributed by atoms with van der Waals surface area (Å²) in [5.74, 6) is 0. The molecule has 0 aromatic carbocycles. The number of aryl methyl sites for hydroxylation is 1. The van der Waals surface area contributed by atoms with Crippen LogP contribution >= 0.6 is 0 Å². The molecule has 0 bridgehead atoms. The van der Waals surface area contributed by atoms with Crippen molar-refractivity contribution < 1.29 is 0 Å². The fraction of sp³-hybridized carbons (Fsp3) is 0.556. The number of rotatable bonds is 5. The Morgan fingerprint density at radius 1 is 1.50 bits per heavy atom. The third-order valence-electron chi connectivity index (χ3n) is 1.90. The Bertz CT molecular complexity index is 380. The van der Waals surface area contributed by atoms with Crippen molar-refractivity contribution in [3.63, 3.8) is 0 Å². The average Bonchev–Trinajstić information content (AvgIpc) is 2.15. The third-order valence-corrected chi connectivity index (χ3v) is 1.90. The summed E-state index contributed by atoms with van der Waals surface area (Å²) in [6.45, 7) is 4.47. The minimum absolute atomic E-state index is 0.339. The van der Waals surface area contributed by atoms with Crippen LogP contribution in [0.4, 0.5) is 0 Å². The molecule has 78 valence electrons. The Kier molecular flexibility index (Phi) is 4.12. The van der Waals surface area contributed by atoms with E-state index in [0.717, 1.165) is 19.5 Å². The topological polar surface area (TPSA) is 66.9 Å². The zero-order valence-electron chi connectivity index (χ0n) is 8.25. The summed E-state index contributed by atoms with van der Waals surface area (Å²) in [5.41, 5.74) is -0.688. The molecule has 0 aliphatic rings. The summed E-state index contributed by atoms with van der Waals surface area (Å²) < 4.78 is 1.50.